The van der Waals surface area contributed by atoms with Gasteiger partial charge in [0, 0.05) is 11.6 Å². The molecule has 0 bridgehead atoms. The fourth-order valence-electron chi connectivity index (χ4n) is 3.44. The lowest BCUT2D eigenvalue weighted by Gasteiger charge is -2.35. The molecule has 1 atom stereocenters. The maximum atomic E-state index is 5.63. The minimum atomic E-state index is 0.402. The number of likely N-dealkylation sites (tertiary alicyclic amines) is 1. The molecule has 0 aliphatic carbocycles. The Kier molecular flexibility index (Phi) is 5.12. The second-order valence-electron chi connectivity index (χ2n) is 6.04. The fourth-order valence-corrected chi connectivity index (χ4v) is 3.44. The predicted molar refractivity (Wildman–Crippen MR) is 91.3 cm³/mol. The van der Waals surface area contributed by atoms with E-state index in [1.807, 2.05) is 0 Å². The van der Waals surface area contributed by atoms with Crippen molar-refractivity contribution >= 4 is 0 Å². The van der Waals surface area contributed by atoms with Crippen LogP contribution in [0, 0.1) is 0 Å². The number of ether oxygens (including phenoxy) is 1. The van der Waals surface area contributed by atoms with Crippen LogP contribution in [-0.4, -0.2) is 25.1 Å². The number of rotatable bonds is 5. The maximum absolute atomic E-state index is 5.63. The zero-order valence-corrected chi connectivity index (χ0v) is 13.4. The lowest BCUT2D eigenvalue weighted by atomic mass is 9.94. The topological polar surface area (TPSA) is 12.5 Å². The SMILES string of the molecule is COc1ccccc1[C@@H](Cc1ccccc1)N1CCCCC1. The third kappa shape index (κ3) is 3.50. The third-order valence-electron chi connectivity index (χ3n) is 4.60. The summed E-state index contributed by atoms with van der Waals surface area (Å²) in [6.07, 6.45) is 5.02. The van der Waals surface area contributed by atoms with Crippen LogP contribution >= 0.6 is 0 Å². The first-order valence-corrected chi connectivity index (χ1v) is 8.29. The summed E-state index contributed by atoms with van der Waals surface area (Å²) in [6, 6.07) is 19.7. The highest BCUT2D eigenvalue weighted by molar-refractivity contribution is 5.37. The second-order valence-corrected chi connectivity index (χ2v) is 6.04. The van der Waals surface area contributed by atoms with Gasteiger partial charge in [0.25, 0.3) is 0 Å². The fraction of sp³-hybridized carbons (Fsp3) is 0.400. The van der Waals surface area contributed by atoms with Gasteiger partial charge >= 0.3 is 0 Å². The van der Waals surface area contributed by atoms with Crippen molar-refractivity contribution in [3.8, 4) is 5.75 Å². The largest absolute Gasteiger partial charge is 0.496 e. The molecule has 0 radical (unpaired) electrons. The molecular weight excluding hydrogens is 270 g/mol. The van der Waals surface area contributed by atoms with Crippen LogP contribution in [0.4, 0.5) is 0 Å². The third-order valence-corrected chi connectivity index (χ3v) is 4.60. The van der Waals surface area contributed by atoms with Gasteiger partial charge in [-0.25, -0.2) is 0 Å². The van der Waals surface area contributed by atoms with E-state index in [9.17, 15) is 0 Å². The van der Waals surface area contributed by atoms with Gasteiger partial charge in [0.1, 0.15) is 5.75 Å². The van der Waals surface area contributed by atoms with Crippen LogP contribution in [0.15, 0.2) is 54.6 Å². The van der Waals surface area contributed by atoms with Gasteiger partial charge in [0.2, 0.25) is 0 Å². The van der Waals surface area contributed by atoms with Gasteiger partial charge < -0.3 is 4.74 Å². The lowest BCUT2D eigenvalue weighted by molar-refractivity contribution is 0.159. The highest BCUT2D eigenvalue weighted by Crippen LogP contribution is 2.33. The molecule has 1 aliphatic rings. The maximum Gasteiger partial charge on any atom is 0.123 e. The number of hydrogen-bond acceptors (Lipinski definition) is 2. The standard InChI is InChI=1S/C20H25NO/c1-22-20-13-7-6-12-18(20)19(21-14-8-3-9-15-21)16-17-10-4-2-5-11-17/h2,4-7,10-13,19H,3,8-9,14-16H2,1H3/t19-/m1/s1. The van der Waals surface area contributed by atoms with E-state index >= 15 is 0 Å². The number of nitrogens with zero attached hydrogens (tertiary/aromatic N) is 1. The monoisotopic (exact) mass is 295 g/mol. The van der Waals surface area contributed by atoms with Gasteiger partial charge in [0.15, 0.2) is 0 Å². The van der Waals surface area contributed by atoms with Gasteiger partial charge in [-0.05, 0) is 44.0 Å². The van der Waals surface area contributed by atoms with E-state index in [0.29, 0.717) is 6.04 Å². The summed E-state index contributed by atoms with van der Waals surface area (Å²) in [5.41, 5.74) is 2.71. The van der Waals surface area contributed by atoms with E-state index in [4.69, 9.17) is 4.74 Å². The highest BCUT2D eigenvalue weighted by Gasteiger charge is 2.24. The number of benzene rings is 2. The molecule has 0 aromatic heterocycles. The molecule has 0 unspecified atom stereocenters. The summed E-state index contributed by atoms with van der Waals surface area (Å²) in [5.74, 6) is 1.01. The van der Waals surface area contributed by atoms with Crippen molar-refractivity contribution in [2.45, 2.75) is 31.7 Å². The van der Waals surface area contributed by atoms with Crippen molar-refractivity contribution < 1.29 is 4.74 Å². The molecule has 0 saturated carbocycles. The lowest BCUT2D eigenvalue weighted by Crippen LogP contribution is -2.35. The molecule has 22 heavy (non-hydrogen) atoms. The van der Waals surface area contributed by atoms with Crippen molar-refractivity contribution in [1.29, 1.82) is 0 Å². The average molecular weight is 295 g/mol. The van der Waals surface area contributed by atoms with Crippen molar-refractivity contribution in [1.82, 2.24) is 4.90 Å². The highest BCUT2D eigenvalue weighted by atomic mass is 16.5. The summed E-state index contributed by atoms with van der Waals surface area (Å²) < 4.78 is 5.63. The van der Waals surface area contributed by atoms with E-state index in [1.54, 1.807) is 7.11 Å². The van der Waals surface area contributed by atoms with Crippen molar-refractivity contribution in [2.75, 3.05) is 20.2 Å². The number of methoxy groups -OCH3 is 1. The van der Waals surface area contributed by atoms with Crippen LogP contribution in [0.25, 0.3) is 0 Å². The first-order valence-electron chi connectivity index (χ1n) is 8.29. The Labute approximate surface area is 133 Å². The Morgan fingerprint density at radius 2 is 1.59 bits per heavy atom. The van der Waals surface area contributed by atoms with Gasteiger partial charge in [-0.2, -0.15) is 0 Å². The molecule has 2 nitrogen and oxygen atoms in total. The van der Waals surface area contributed by atoms with Crippen LogP contribution in [0.2, 0.25) is 0 Å². The molecule has 116 valence electrons. The summed E-state index contributed by atoms with van der Waals surface area (Å²) >= 11 is 0. The smallest absolute Gasteiger partial charge is 0.123 e. The van der Waals surface area contributed by atoms with E-state index in [2.05, 4.69) is 59.5 Å². The average Bonchev–Trinajstić information content (AvgIpc) is 2.61. The van der Waals surface area contributed by atoms with Crippen molar-refractivity contribution in [2.24, 2.45) is 0 Å². The van der Waals surface area contributed by atoms with Crippen LogP contribution < -0.4 is 4.74 Å². The van der Waals surface area contributed by atoms with Gasteiger partial charge in [-0.3, -0.25) is 4.90 Å². The minimum absolute atomic E-state index is 0.402. The van der Waals surface area contributed by atoms with E-state index in [1.165, 1.54) is 43.5 Å². The summed E-state index contributed by atoms with van der Waals surface area (Å²) in [7, 11) is 1.77. The molecule has 0 N–H and O–H groups in total. The Morgan fingerprint density at radius 3 is 2.32 bits per heavy atom. The van der Waals surface area contributed by atoms with Crippen LogP contribution in [0.1, 0.15) is 36.4 Å². The molecule has 1 saturated heterocycles. The molecule has 0 spiro atoms. The van der Waals surface area contributed by atoms with Gasteiger partial charge in [0.05, 0.1) is 7.11 Å². The first-order chi connectivity index (χ1) is 10.9. The zero-order valence-electron chi connectivity index (χ0n) is 13.4. The molecule has 2 aromatic rings. The van der Waals surface area contributed by atoms with Crippen LogP contribution in [0.5, 0.6) is 5.75 Å². The predicted octanol–water partition coefficient (Wildman–Crippen LogP) is 4.46. The Morgan fingerprint density at radius 1 is 0.909 bits per heavy atom. The molecule has 3 rings (SSSR count). The minimum Gasteiger partial charge on any atom is -0.496 e. The van der Waals surface area contributed by atoms with Gasteiger partial charge in [-0.15, -0.1) is 0 Å². The van der Waals surface area contributed by atoms with E-state index in [-0.39, 0.29) is 0 Å². The molecule has 2 aromatic carbocycles. The normalized spacial score (nSPS) is 17.1. The first kappa shape index (κ1) is 15.1. The molecule has 1 heterocycles. The van der Waals surface area contributed by atoms with Crippen LogP contribution in [0.3, 0.4) is 0 Å². The molecule has 1 aliphatic heterocycles. The quantitative estimate of drug-likeness (QED) is 0.807. The zero-order chi connectivity index (χ0) is 15.2. The van der Waals surface area contributed by atoms with Gasteiger partial charge in [-0.1, -0.05) is 55.0 Å². The Bertz CT molecular complexity index is 575. The van der Waals surface area contributed by atoms with E-state index < -0.39 is 0 Å². The van der Waals surface area contributed by atoms with E-state index in [0.717, 1.165) is 12.2 Å². The Balaban J connectivity index is 1.91. The summed E-state index contributed by atoms with van der Waals surface area (Å²) in [4.78, 5) is 2.63. The number of para-hydroxylation sites is 1. The summed E-state index contributed by atoms with van der Waals surface area (Å²) in [6.45, 7) is 2.38. The molecular formula is C20H25NO. The summed E-state index contributed by atoms with van der Waals surface area (Å²) in [5, 5.41) is 0. The molecule has 1 fully saturated rings. The number of piperidine rings is 1. The second kappa shape index (κ2) is 7.46. The van der Waals surface area contributed by atoms with Crippen molar-refractivity contribution in [3.05, 3.63) is 65.7 Å². The van der Waals surface area contributed by atoms with Crippen LogP contribution in [-0.2, 0) is 6.42 Å². The molecule has 2 heteroatoms. The number of hydrogen-bond donors (Lipinski definition) is 0. The molecule has 0 amide bonds. The Hall–Kier alpha value is -1.80. The van der Waals surface area contributed by atoms with Crippen molar-refractivity contribution in [3.63, 3.8) is 0 Å².